The molecule has 0 aliphatic heterocycles. The molecule has 0 heterocycles. The summed E-state index contributed by atoms with van der Waals surface area (Å²) in [6.07, 6.45) is 1.53. The number of nitrogens with zero attached hydrogens (tertiary/aromatic N) is 1. The van der Waals surface area contributed by atoms with Crippen molar-refractivity contribution in [3.63, 3.8) is 0 Å². The van der Waals surface area contributed by atoms with Crippen LogP contribution in [0.25, 0.3) is 11.1 Å². The van der Waals surface area contributed by atoms with Crippen LogP contribution in [0.3, 0.4) is 0 Å². The van der Waals surface area contributed by atoms with Crippen LogP contribution in [0.2, 0.25) is 0 Å². The summed E-state index contributed by atoms with van der Waals surface area (Å²) in [5.74, 6) is 0.229. The fourth-order valence-electron chi connectivity index (χ4n) is 3.71. The minimum atomic E-state index is -1.06. The molecule has 0 saturated heterocycles. The Bertz CT molecular complexity index is 694. The molecule has 1 saturated carbocycles. The maximum atomic E-state index is 12.0. The quantitative estimate of drug-likeness (QED) is 0.936. The zero-order valence-corrected chi connectivity index (χ0v) is 14.4. The molecule has 2 atom stereocenters. The normalized spacial score (nSPS) is 24.3. The highest BCUT2D eigenvalue weighted by Crippen LogP contribution is 2.41. The molecule has 1 fully saturated rings. The molecule has 0 spiro atoms. The average molecular weight is 323 g/mol. The number of hydrogen-bond acceptors (Lipinski definition) is 3. The lowest BCUT2D eigenvalue weighted by Crippen LogP contribution is -2.45. The average Bonchev–Trinajstić information content (AvgIpc) is 2.58. The highest BCUT2D eigenvalue weighted by Gasteiger charge is 2.43. The van der Waals surface area contributed by atoms with Gasteiger partial charge in [-0.15, -0.1) is 0 Å². The van der Waals surface area contributed by atoms with Gasteiger partial charge in [-0.2, -0.15) is 0 Å². The zero-order valence-electron chi connectivity index (χ0n) is 14.4. The van der Waals surface area contributed by atoms with Gasteiger partial charge in [0.1, 0.15) is 11.4 Å². The largest absolute Gasteiger partial charge is 0.384 e. The highest BCUT2D eigenvalue weighted by atomic mass is 16.3. The van der Waals surface area contributed by atoms with Crippen LogP contribution in [-0.2, 0) is 10.4 Å². The summed E-state index contributed by atoms with van der Waals surface area (Å²) in [4.78, 5) is 14.1. The van der Waals surface area contributed by atoms with Crippen LogP contribution < -0.4 is 0 Å². The third kappa shape index (κ3) is 3.42. The number of hydrogen-bond donors (Lipinski definition) is 1. The molecule has 1 N–H and O–H groups in total. The fraction of sp³-hybridized carbons (Fsp3) is 0.381. The summed E-state index contributed by atoms with van der Waals surface area (Å²) in [5.41, 5.74) is 2.06. The molecule has 0 unspecified atom stereocenters. The van der Waals surface area contributed by atoms with Crippen LogP contribution in [-0.4, -0.2) is 36.4 Å². The topological polar surface area (TPSA) is 40.5 Å². The van der Waals surface area contributed by atoms with Gasteiger partial charge in [0.05, 0.1) is 0 Å². The molecule has 3 nitrogen and oxygen atoms in total. The molecule has 0 amide bonds. The van der Waals surface area contributed by atoms with E-state index in [0.29, 0.717) is 6.42 Å². The lowest BCUT2D eigenvalue weighted by atomic mass is 9.70. The van der Waals surface area contributed by atoms with E-state index in [1.54, 1.807) is 0 Å². The van der Waals surface area contributed by atoms with E-state index in [1.807, 2.05) is 56.6 Å². The molecule has 0 bridgehead atoms. The second kappa shape index (κ2) is 6.88. The van der Waals surface area contributed by atoms with Crippen molar-refractivity contribution in [3.8, 4) is 11.1 Å². The van der Waals surface area contributed by atoms with Gasteiger partial charge in [0.2, 0.25) is 0 Å². The molecule has 0 aromatic heterocycles. The predicted molar refractivity (Wildman–Crippen MR) is 96.7 cm³/mol. The molecule has 24 heavy (non-hydrogen) atoms. The number of aliphatic hydroxyl groups is 1. The van der Waals surface area contributed by atoms with Gasteiger partial charge in [0.25, 0.3) is 0 Å². The maximum Gasteiger partial charge on any atom is 0.136 e. The van der Waals surface area contributed by atoms with Crippen molar-refractivity contribution in [2.24, 2.45) is 5.92 Å². The number of rotatable bonds is 4. The molecule has 0 radical (unpaired) electrons. The number of carbonyl (C=O) groups is 1. The minimum absolute atomic E-state index is 0.0766. The van der Waals surface area contributed by atoms with Crippen LogP contribution in [0.5, 0.6) is 0 Å². The molecule has 3 heteroatoms. The Labute approximate surface area is 143 Å². The predicted octanol–water partition coefficient (Wildman–Crippen LogP) is 3.47. The van der Waals surface area contributed by atoms with Crippen molar-refractivity contribution in [1.82, 2.24) is 4.90 Å². The van der Waals surface area contributed by atoms with Crippen molar-refractivity contribution >= 4 is 5.78 Å². The van der Waals surface area contributed by atoms with Gasteiger partial charge in [-0.05, 0) is 37.2 Å². The number of benzene rings is 2. The second-order valence-corrected chi connectivity index (χ2v) is 7.08. The molecule has 2 aromatic rings. The molecular weight excluding hydrogens is 298 g/mol. The molecule has 1 aliphatic rings. The van der Waals surface area contributed by atoms with Gasteiger partial charge in [0.15, 0.2) is 0 Å². The van der Waals surface area contributed by atoms with E-state index >= 15 is 0 Å². The van der Waals surface area contributed by atoms with Gasteiger partial charge in [-0.25, -0.2) is 0 Å². The van der Waals surface area contributed by atoms with Crippen molar-refractivity contribution in [2.75, 3.05) is 20.6 Å². The van der Waals surface area contributed by atoms with Crippen molar-refractivity contribution < 1.29 is 9.90 Å². The highest BCUT2D eigenvalue weighted by molar-refractivity contribution is 5.81. The van der Waals surface area contributed by atoms with Gasteiger partial charge < -0.3 is 10.0 Å². The van der Waals surface area contributed by atoms with E-state index in [2.05, 4.69) is 17.0 Å². The second-order valence-electron chi connectivity index (χ2n) is 7.08. The van der Waals surface area contributed by atoms with E-state index in [0.717, 1.165) is 29.7 Å². The number of ketones is 1. The lowest BCUT2D eigenvalue weighted by molar-refractivity contribution is -0.135. The van der Waals surface area contributed by atoms with Crippen LogP contribution in [0.15, 0.2) is 54.6 Å². The van der Waals surface area contributed by atoms with Crippen molar-refractivity contribution in [3.05, 3.63) is 60.2 Å². The third-order valence-corrected chi connectivity index (χ3v) is 4.99. The standard InChI is InChI=1S/C21H25NO2/c1-22(2)15-19-12-13-20(23)14-21(19,24)18-10-8-17(9-11-18)16-6-4-3-5-7-16/h3-11,19,24H,12-15H2,1-2H3/t19-,21+/m0/s1. The summed E-state index contributed by atoms with van der Waals surface area (Å²) >= 11 is 0. The monoisotopic (exact) mass is 323 g/mol. The Morgan fingerprint density at radius 1 is 1.04 bits per heavy atom. The van der Waals surface area contributed by atoms with Gasteiger partial charge in [0, 0.05) is 25.3 Å². The fourth-order valence-corrected chi connectivity index (χ4v) is 3.71. The SMILES string of the molecule is CN(C)C[C@@H]1CCC(=O)C[C@@]1(O)c1ccc(-c2ccccc2)cc1. The first kappa shape index (κ1) is 16.9. The Balaban J connectivity index is 1.91. The van der Waals surface area contributed by atoms with Crippen LogP contribution in [0.4, 0.5) is 0 Å². The number of Topliss-reactive ketones (excluding diaryl/α,β-unsaturated/α-hetero) is 1. The van der Waals surface area contributed by atoms with E-state index in [9.17, 15) is 9.90 Å². The maximum absolute atomic E-state index is 12.0. The van der Waals surface area contributed by atoms with Crippen LogP contribution in [0, 0.1) is 5.92 Å². The summed E-state index contributed by atoms with van der Waals surface area (Å²) in [5, 5.41) is 11.3. The van der Waals surface area contributed by atoms with Gasteiger partial charge in [-0.1, -0.05) is 54.6 Å². The van der Waals surface area contributed by atoms with E-state index in [-0.39, 0.29) is 18.1 Å². The summed E-state index contributed by atoms with van der Waals surface area (Å²) in [6, 6.07) is 18.2. The summed E-state index contributed by atoms with van der Waals surface area (Å²) < 4.78 is 0. The van der Waals surface area contributed by atoms with E-state index in [1.165, 1.54) is 0 Å². The first-order chi connectivity index (χ1) is 11.5. The molecule has 2 aromatic carbocycles. The molecular formula is C21H25NO2. The first-order valence-corrected chi connectivity index (χ1v) is 8.54. The lowest BCUT2D eigenvalue weighted by Gasteiger charge is -2.41. The van der Waals surface area contributed by atoms with Crippen LogP contribution >= 0.6 is 0 Å². The molecule has 126 valence electrons. The number of carbonyl (C=O) groups excluding carboxylic acids is 1. The van der Waals surface area contributed by atoms with Gasteiger partial charge in [-0.3, -0.25) is 4.79 Å². The smallest absolute Gasteiger partial charge is 0.136 e. The van der Waals surface area contributed by atoms with Crippen molar-refractivity contribution in [1.29, 1.82) is 0 Å². The van der Waals surface area contributed by atoms with Crippen LogP contribution in [0.1, 0.15) is 24.8 Å². The Hall–Kier alpha value is -1.97. The minimum Gasteiger partial charge on any atom is -0.384 e. The Kier molecular flexibility index (Phi) is 4.83. The van der Waals surface area contributed by atoms with Crippen molar-refractivity contribution in [2.45, 2.75) is 24.9 Å². The Morgan fingerprint density at radius 2 is 1.67 bits per heavy atom. The summed E-state index contributed by atoms with van der Waals surface area (Å²) in [7, 11) is 4.02. The third-order valence-electron chi connectivity index (χ3n) is 4.99. The first-order valence-electron chi connectivity index (χ1n) is 8.54. The Morgan fingerprint density at radius 3 is 2.29 bits per heavy atom. The van der Waals surface area contributed by atoms with E-state index < -0.39 is 5.60 Å². The molecule has 3 rings (SSSR count). The zero-order chi connectivity index (χ0) is 17.2. The van der Waals surface area contributed by atoms with E-state index in [4.69, 9.17) is 0 Å². The van der Waals surface area contributed by atoms with Gasteiger partial charge >= 0.3 is 0 Å². The molecule has 1 aliphatic carbocycles. The summed E-state index contributed by atoms with van der Waals surface area (Å²) in [6.45, 7) is 0.782.